The van der Waals surface area contributed by atoms with Crippen LogP contribution in [0.25, 0.3) is 16.6 Å². The number of hydrogen-bond acceptors (Lipinski definition) is 4. The van der Waals surface area contributed by atoms with E-state index in [1.54, 1.807) is 29.2 Å². The number of rotatable bonds is 4. The minimum Gasteiger partial charge on any atom is -0.476 e. The fraction of sp³-hybridized carbons (Fsp3) is 0.417. The minimum atomic E-state index is -0.553. The Bertz CT molecular complexity index is 1120. The maximum absolute atomic E-state index is 14.4. The monoisotopic (exact) mass is 443 g/mol. The van der Waals surface area contributed by atoms with Crippen molar-refractivity contribution < 1.29 is 23.0 Å². The molecule has 0 aliphatic carbocycles. The predicted molar refractivity (Wildman–Crippen MR) is 117 cm³/mol. The van der Waals surface area contributed by atoms with Gasteiger partial charge in [0.1, 0.15) is 22.9 Å². The quantitative estimate of drug-likeness (QED) is 0.547. The summed E-state index contributed by atoms with van der Waals surface area (Å²) >= 11 is 0. The number of nitrogens with zero attached hydrogens (tertiary/aromatic N) is 3. The molecule has 0 radical (unpaired) electrons. The largest absolute Gasteiger partial charge is 0.476 e. The van der Waals surface area contributed by atoms with Crippen molar-refractivity contribution in [2.24, 2.45) is 5.92 Å². The number of benzene rings is 2. The number of likely N-dealkylation sites (tertiary alicyclic amines) is 1. The standard InChI is InChI=1S/C24H27F2N3O3/c1-24(2,3)32-23(30)28-12-6-7-16(14-28)15-31-22-18-13-17(25)10-11-20(18)29(27-22)21-9-5-4-8-19(21)26/h4-5,8-11,13,16H,6-7,12,14-15H2,1-3H3/t16-/m0/s1. The van der Waals surface area contributed by atoms with Crippen molar-refractivity contribution in [3.63, 3.8) is 0 Å². The zero-order valence-corrected chi connectivity index (χ0v) is 18.5. The molecule has 8 heteroatoms. The Morgan fingerprint density at radius 1 is 1.19 bits per heavy atom. The van der Waals surface area contributed by atoms with Crippen LogP contribution in [0.15, 0.2) is 42.5 Å². The summed E-state index contributed by atoms with van der Waals surface area (Å²) in [5.74, 6) is -0.548. The lowest BCUT2D eigenvalue weighted by Crippen LogP contribution is -2.44. The molecule has 0 saturated carbocycles. The molecule has 1 amide bonds. The number of amides is 1. The molecule has 0 bridgehead atoms. The molecule has 170 valence electrons. The Kier molecular flexibility index (Phi) is 6.04. The summed E-state index contributed by atoms with van der Waals surface area (Å²) in [5.41, 5.74) is 0.251. The van der Waals surface area contributed by atoms with Gasteiger partial charge in [0, 0.05) is 19.0 Å². The Labute approximate surface area is 185 Å². The molecule has 0 N–H and O–H groups in total. The summed E-state index contributed by atoms with van der Waals surface area (Å²) in [6, 6.07) is 10.5. The lowest BCUT2D eigenvalue weighted by atomic mass is 9.99. The average Bonchev–Trinajstić information content (AvgIpc) is 3.09. The van der Waals surface area contributed by atoms with Crippen LogP contribution in [0.2, 0.25) is 0 Å². The molecule has 1 aromatic heterocycles. The van der Waals surface area contributed by atoms with Gasteiger partial charge in [-0.05, 0) is 63.9 Å². The number of carbonyl (C=O) groups is 1. The van der Waals surface area contributed by atoms with Crippen LogP contribution in [0.1, 0.15) is 33.6 Å². The molecule has 1 saturated heterocycles. The van der Waals surface area contributed by atoms with E-state index in [1.807, 2.05) is 20.8 Å². The third kappa shape index (κ3) is 4.84. The Hall–Kier alpha value is -3.16. The molecule has 2 aromatic carbocycles. The van der Waals surface area contributed by atoms with Gasteiger partial charge in [-0.1, -0.05) is 12.1 Å². The topological polar surface area (TPSA) is 56.6 Å². The number of hydrogen-bond donors (Lipinski definition) is 0. The van der Waals surface area contributed by atoms with Gasteiger partial charge < -0.3 is 14.4 Å². The highest BCUT2D eigenvalue weighted by molar-refractivity contribution is 5.86. The number of halogens is 2. The highest BCUT2D eigenvalue weighted by atomic mass is 19.1. The Morgan fingerprint density at radius 2 is 1.97 bits per heavy atom. The Morgan fingerprint density at radius 3 is 2.72 bits per heavy atom. The average molecular weight is 443 g/mol. The van der Waals surface area contributed by atoms with Gasteiger partial charge in [-0.3, -0.25) is 0 Å². The van der Waals surface area contributed by atoms with Crippen LogP contribution < -0.4 is 4.74 Å². The molecule has 1 atom stereocenters. The molecule has 1 aliphatic heterocycles. The highest BCUT2D eigenvalue weighted by Crippen LogP contribution is 2.30. The lowest BCUT2D eigenvalue weighted by Gasteiger charge is -2.33. The third-order valence-electron chi connectivity index (χ3n) is 5.32. The van der Waals surface area contributed by atoms with E-state index in [-0.39, 0.29) is 23.6 Å². The van der Waals surface area contributed by atoms with Crippen LogP contribution in [0.4, 0.5) is 13.6 Å². The van der Waals surface area contributed by atoms with Gasteiger partial charge >= 0.3 is 6.09 Å². The van der Waals surface area contributed by atoms with Gasteiger partial charge in [0.15, 0.2) is 0 Å². The lowest BCUT2D eigenvalue weighted by molar-refractivity contribution is 0.0138. The van der Waals surface area contributed by atoms with Crippen molar-refractivity contribution in [3.05, 3.63) is 54.1 Å². The number of ether oxygens (including phenoxy) is 2. The van der Waals surface area contributed by atoms with E-state index < -0.39 is 17.2 Å². The number of fused-ring (bicyclic) bond motifs is 1. The van der Waals surface area contributed by atoms with E-state index in [0.717, 1.165) is 12.8 Å². The summed E-state index contributed by atoms with van der Waals surface area (Å²) in [6.45, 7) is 6.97. The first-order chi connectivity index (χ1) is 15.2. The molecule has 1 aliphatic rings. The third-order valence-corrected chi connectivity index (χ3v) is 5.32. The molecule has 0 spiro atoms. The molecule has 0 unspecified atom stereocenters. The van der Waals surface area contributed by atoms with Gasteiger partial charge in [-0.15, -0.1) is 5.10 Å². The van der Waals surface area contributed by atoms with Gasteiger partial charge in [-0.25, -0.2) is 18.3 Å². The second-order valence-corrected chi connectivity index (χ2v) is 9.08. The first-order valence-corrected chi connectivity index (χ1v) is 10.8. The van der Waals surface area contributed by atoms with Gasteiger partial charge in [-0.2, -0.15) is 0 Å². The van der Waals surface area contributed by atoms with E-state index in [0.29, 0.717) is 30.6 Å². The summed E-state index contributed by atoms with van der Waals surface area (Å²) in [4.78, 5) is 14.1. The first-order valence-electron chi connectivity index (χ1n) is 10.8. The smallest absolute Gasteiger partial charge is 0.410 e. The molecular weight excluding hydrogens is 416 g/mol. The fourth-order valence-corrected chi connectivity index (χ4v) is 3.87. The second-order valence-electron chi connectivity index (χ2n) is 9.08. The molecule has 2 heterocycles. The van der Waals surface area contributed by atoms with Crippen LogP contribution in [0.5, 0.6) is 5.88 Å². The zero-order chi connectivity index (χ0) is 22.9. The maximum Gasteiger partial charge on any atom is 0.410 e. The van der Waals surface area contributed by atoms with E-state index >= 15 is 0 Å². The second kappa shape index (κ2) is 8.76. The molecule has 1 fully saturated rings. The number of carbonyl (C=O) groups excluding carboxylic acids is 1. The summed E-state index contributed by atoms with van der Waals surface area (Å²) in [5, 5.41) is 4.90. The SMILES string of the molecule is CC(C)(C)OC(=O)N1CCC[C@H](COc2nn(-c3ccccc3F)c3ccc(F)cc23)C1. The fourth-order valence-electron chi connectivity index (χ4n) is 3.87. The molecule has 32 heavy (non-hydrogen) atoms. The van der Waals surface area contributed by atoms with Crippen molar-refractivity contribution in [3.8, 4) is 11.6 Å². The molecule has 4 rings (SSSR count). The molecule has 3 aromatic rings. The van der Waals surface area contributed by atoms with Gasteiger partial charge in [0.25, 0.3) is 0 Å². The summed E-state index contributed by atoms with van der Waals surface area (Å²) in [7, 11) is 0. The van der Waals surface area contributed by atoms with E-state index in [4.69, 9.17) is 9.47 Å². The highest BCUT2D eigenvalue weighted by Gasteiger charge is 2.28. The normalized spacial score (nSPS) is 16.9. The summed E-state index contributed by atoms with van der Waals surface area (Å²) < 4.78 is 41.2. The van der Waals surface area contributed by atoms with Crippen LogP contribution >= 0.6 is 0 Å². The molecular formula is C24H27F2N3O3. The maximum atomic E-state index is 14.4. The molecule has 6 nitrogen and oxygen atoms in total. The van der Waals surface area contributed by atoms with Crippen molar-refractivity contribution in [1.82, 2.24) is 14.7 Å². The van der Waals surface area contributed by atoms with Crippen molar-refractivity contribution in [2.45, 2.75) is 39.2 Å². The Balaban J connectivity index is 1.53. The van der Waals surface area contributed by atoms with Crippen molar-refractivity contribution in [2.75, 3.05) is 19.7 Å². The van der Waals surface area contributed by atoms with Gasteiger partial charge in [0.05, 0.1) is 17.5 Å². The van der Waals surface area contributed by atoms with Crippen LogP contribution in [-0.4, -0.2) is 46.1 Å². The van der Waals surface area contributed by atoms with Crippen LogP contribution in [0.3, 0.4) is 0 Å². The van der Waals surface area contributed by atoms with E-state index in [1.165, 1.54) is 22.9 Å². The van der Waals surface area contributed by atoms with E-state index in [9.17, 15) is 13.6 Å². The van der Waals surface area contributed by atoms with E-state index in [2.05, 4.69) is 5.10 Å². The number of aromatic nitrogens is 2. The summed E-state index contributed by atoms with van der Waals surface area (Å²) in [6.07, 6.45) is 1.39. The van der Waals surface area contributed by atoms with Crippen LogP contribution in [0, 0.1) is 17.6 Å². The first kappa shape index (κ1) is 22.0. The van der Waals surface area contributed by atoms with Crippen molar-refractivity contribution >= 4 is 17.0 Å². The minimum absolute atomic E-state index is 0.0819. The predicted octanol–water partition coefficient (Wildman–Crippen LogP) is 5.33. The number of piperidine rings is 1. The van der Waals surface area contributed by atoms with Crippen LogP contribution in [-0.2, 0) is 4.74 Å². The zero-order valence-electron chi connectivity index (χ0n) is 18.5. The van der Waals surface area contributed by atoms with Gasteiger partial charge in [0.2, 0.25) is 5.88 Å². The van der Waals surface area contributed by atoms with Crippen molar-refractivity contribution in [1.29, 1.82) is 0 Å². The number of para-hydroxylation sites is 1.